The highest BCUT2D eigenvalue weighted by Gasteiger charge is 2.06. The van der Waals surface area contributed by atoms with Crippen molar-refractivity contribution in [2.24, 2.45) is 0 Å². The Kier molecular flexibility index (Phi) is 2.23. The number of allylic oxidation sites excluding steroid dienone is 1. The van der Waals surface area contributed by atoms with Crippen LogP contribution in [0.3, 0.4) is 0 Å². The van der Waals surface area contributed by atoms with Crippen molar-refractivity contribution in [1.82, 2.24) is 15.0 Å². The zero-order valence-electron chi connectivity index (χ0n) is 6.86. The summed E-state index contributed by atoms with van der Waals surface area (Å²) in [4.78, 5) is 11.5. The summed E-state index contributed by atoms with van der Waals surface area (Å²) in [6, 6.07) is 0. The van der Waals surface area contributed by atoms with Gasteiger partial charge in [0.2, 0.25) is 11.9 Å². The first-order valence-corrected chi connectivity index (χ1v) is 3.53. The Hall–Kier alpha value is -1.65. The van der Waals surface area contributed by atoms with Crippen molar-refractivity contribution in [1.29, 1.82) is 0 Å². The van der Waals surface area contributed by atoms with E-state index in [1.807, 2.05) is 6.92 Å². The average molecular weight is 165 g/mol. The fourth-order valence-electron chi connectivity index (χ4n) is 0.736. The maximum Gasteiger partial charge on any atom is 0.225 e. The van der Waals surface area contributed by atoms with Gasteiger partial charge in [0.25, 0.3) is 0 Å². The Balaban J connectivity index is 3.08. The molecule has 0 fully saturated rings. The Labute approximate surface area is 70.5 Å². The second-order valence-electron chi connectivity index (χ2n) is 2.43. The highest BCUT2D eigenvalue weighted by molar-refractivity contribution is 5.27. The van der Waals surface area contributed by atoms with E-state index in [-0.39, 0.29) is 17.8 Å². The van der Waals surface area contributed by atoms with E-state index in [4.69, 9.17) is 11.5 Å². The molecule has 4 N–H and O–H groups in total. The largest absolute Gasteiger partial charge is 0.368 e. The van der Waals surface area contributed by atoms with Gasteiger partial charge < -0.3 is 11.5 Å². The predicted molar refractivity (Wildman–Crippen MR) is 47.3 cm³/mol. The zero-order chi connectivity index (χ0) is 9.14. The summed E-state index contributed by atoms with van der Waals surface area (Å²) in [6.45, 7) is 5.52. The molecule has 1 atom stereocenters. The first-order chi connectivity index (χ1) is 5.63. The molecule has 1 unspecified atom stereocenters. The lowest BCUT2D eigenvalue weighted by Crippen LogP contribution is -2.08. The Bertz CT molecular complexity index is 276. The topological polar surface area (TPSA) is 90.7 Å². The molecular weight excluding hydrogens is 154 g/mol. The molecule has 0 saturated heterocycles. The van der Waals surface area contributed by atoms with Crippen LogP contribution in [0.25, 0.3) is 0 Å². The number of hydrogen-bond acceptors (Lipinski definition) is 5. The van der Waals surface area contributed by atoms with Crippen LogP contribution in [0, 0.1) is 0 Å². The van der Waals surface area contributed by atoms with Crippen LogP contribution in [0.2, 0.25) is 0 Å². The lowest BCUT2D eigenvalue weighted by atomic mass is 10.2. The summed E-state index contributed by atoms with van der Waals surface area (Å²) >= 11 is 0. The highest BCUT2D eigenvalue weighted by atomic mass is 15.1. The molecule has 0 aliphatic carbocycles. The number of nitrogens with zero attached hydrogens (tertiary/aromatic N) is 3. The van der Waals surface area contributed by atoms with Gasteiger partial charge in [-0.1, -0.05) is 13.0 Å². The molecule has 64 valence electrons. The average Bonchev–Trinajstić information content (AvgIpc) is 2.01. The van der Waals surface area contributed by atoms with Crippen LogP contribution in [0.15, 0.2) is 12.7 Å². The van der Waals surface area contributed by atoms with E-state index < -0.39 is 0 Å². The van der Waals surface area contributed by atoms with Gasteiger partial charge in [-0.05, 0) is 0 Å². The second-order valence-corrected chi connectivity index (χ2v) is 2.43. The van der Waals surface area contributed by atoms with Gasteiger partial charge in [0.1, 0.15) is 5.82 Å². The van der Waals surface area contributed by atoms with Gasteiger partial charge in [0.15, 0.2) is 0 Å². The van der Waals surface area contributed by atoms with E-state index in [0.717, 1.165) is 0 Å². The summed E-state index contributed by atoms with van der Waals surface area (Å²) in [5.74, 6) is 0.880. The van der Waals surface area contributed by atoms with E-state index in [2.05, 4.69) is 21.5 Å². The third kappa shape index (κ3) is 1.69. The fourth-order valence-corrected chi connectivity index (χ4v) is 0.736. The summed E-state index contributed by atoms with van der Waals surface area (Å²) in [7, 11) is 0. The van der Waals surface area contributed by atoms with Crippen LogP contribution >= 0.6 is 0 Å². The van der Waals surface area contributed by atoms with Gasteiger partial charge >= 0.3 is 0 Å². The summed E-state index contributed by atoms with van der Waals surface area (Å²) < 4.78 is 0. The van der Waals surface area contributed by atoms with E-state index in [9.17, 15) is 0 Å². The lowest BCUT2D eigenvalue weighted by molar-refractivity contribution is 0.833. The third-order valence-electron chi connectivity index (χ3n) is 1.45. The molecule has 1 aromatic rings. The molecule has 0 spiro atoms. The van der Waals surface area contributed by atoms with E-state index in [1.165, 1.54) is 0 Å². The van der Waals surface area contributed by atoms with Crippen molar-refractivity contribution in [3.8, 4) is 0 Å². The summed E-state index contributed by atoms with van der Waals surface area (Å²) in [5.41, 5.74) is 10.8. The van der Waals surface area contributed by atoms with Crippen molar-refractivity contribution in [2.45, 2.75) is 12.8 Å². The molecule has 5 nitrogen and oxygen atoms in total. The maximum atomic E-state index is 5.38. The second kappa shape index (κ2) is 3.17. The molecule has 0 saturated carbocycles. The van der Waals surface area contributed by atoms with Crippen LogP contribution < -0.4 is 11.5 Å². The van der Waals surface area contributed by atoms with Gasteiger partial charge in [0, 0.05) is 5.92 Å². The number of nitrogens with two attached hydrogens (primary N) is 2. The van der Waals surface area contributed by atoms with E-state index in [0.29, 0.717) is 5.82 Å². The van der Waals surface area contributed by atoms with E-state index >= 15 is 0 Å². The molecule has 1 aromatic heterocycles. The molecule has 0 amide bonds. The Morgan fingerprint density at radius 2 is 1.75 bits per heavy atom. The van der Waals surface area contributed by atoms with Gasteiger partial charge in [0.05, 0.1) is 0 Å². The zero-order valence-corrected chi connectivity index (χ0v) is 6.86. The van der Waals surface area contributed by atoms with Gasteiger partial charge in [-0.25, -0.2) is 0 Å². The highest BCUT2D eigenvalue weighted by Crippen LogP contribution is 2.11. The number of rotatable bonds is 2. The molecule has 0 radical (unpaired) electrons. The van der Waals surface area contributed by atoms with Crippen LogP contribution in [0.1, 0.15) is 18.7 Å². The van der Waals surface area contributed by atoms with Crippen molar-refractivity contribution in [3.05, 3.63) is 18.5 Å². The van der Waals surface area contributed by atoms with Gasteiger partial charge in [-0.2, -0.15) is 15.0 Å². The summed E-state index contributed by atoms with van der Waals surface area (Å²) in [6.07, 6.45) is 1.72. The number of hydrogen-bond donors (Lipinski definition) is 2. The number of nitrogen functional groups attached to an aromatic ring is 2. The molecule has 1 rings (SSSR count). The Morgan fingerprint density at radius 1 is 1.25 bits per heavy atom. The molecule has 0 bridgehead atoms. The molecule has 1 heterocycles. The SMILES string of the molecule is C=CC(C)c1nc(N)nc(N)n1. The van der Waals surface area contributed by atoms with Crippen molar-refractivity contribution >= 4 is 11.9 Å². The Morgan fingerprint density at radius 3 is 2.17 bits per heavy atom. The molecule has 5 heteroatoms. The van der Waals surface area contributed by atoms with Crippen molar-refractivity contribution < 1.29 is 0 Å². The van der Waals surface area contributed by atoms with Crippen LogP contribution in [-0.4, -0.2) is 15.0 Å². The molecule has 0 aliphatic heterocycles. The van der Waals surface area contributed by atoms with Crippen LogP contribution in [0.5, 0.6) is 0 Å². The maximum absolute atomic E-state index is 5.38. The minimum Gasteiger partial charge on any atom is -0.368 e. The number of aromatic nitrogens is 3. The normalized spacial score (nSPS) is 12.4. The van der Waals surface area contributed by atoms with Crippen LogP contribution in [-0.2, 0) is 0 Å². The van der Waals surface area contributed by atoms with Gasteiger partial charge in [-0.3, -0.25) is 0 Å². The molecule has 0 aliphatic rings. The monoisotopic (exact) mass is 165 g/mol. The first-order valence-electron chi connectivity index (χ1n) is 3.53. The standard InChI is InChI=1S/C7H11N5/c1-3-4(2)5-10-6(8)12-7(9)11-5/h3-4H,1H2,2H3,(H4,8,9,10,11,12). The summed E-state index contributed by atoms with van der Waals surface area (Å²) in [5, 5.41) is 0. The molecule has 12 heavy (non-hydrogen) atoms. The molecule has 0 aromatic carbocycles. The fraction of sp³-hybridized carbons (Fsp3) is 0.286. The lowest BCUT2D eigenvalue weighted by Gasteiger charge is -2.04. The third-order valence-corrected chi connectivity index (χ3v) is 1.45. The smallest absolute Gasteiger partial charge is 0.225 e. The van der Waals surface area contributed by atoms with Crippen LogP contribution in [0.4, 0.5) is 11.9 Å². The quantitative estimate of drug-likeness (QED) is 0.616. The predicted octanol–water partition coefficient (Wildman–Crippen LogP) is 0.325. The van der Waals surface area contributed by atoms with E-state index in [1.54, 1.807) is 6.08 Å². The minimum absolute atomic E-state index is 0.0394. The minimum atomic E-state index is 0.0394. The molecular formula is C7H11N5. The van der Waals surface area contributed by atoms with Gasteiger partial charge in [-0.15, -0.1) is 6.58 Å². The first kappa shape index (κ1) is 8.45. The van der Waals surface area contributed by atoms with Crippen molar-refractivity contribution in [3.63, 3.8) is 0 Å². The van der Waals surface area contributed by atoms with Crippen molar-refractivity contribution in [2.75, 3.05) is 11.5 Å². The number of anilines is 2.